The van der Waals surface area contributed by atoms with Gasteiger partial charge >= 0.3 is 0 Å². The third kappa shape index (κ3) is 3.43. The highest BCUT2D eigenvalue weighted by Crippen LogP contribution is 2.30. The van der Waals surface area contributed by atoms with Gasteiger partial charge in [0.05, 0.1) is 19.1 Å². The third-order valence-electron chi connectivity index (χ3n) is 5.91. The number of fused-ring (bicyclic) bond motifs is 2. The van der Waals surface area contributed by atoms with Gasteiger partial charge in [0, 0.05) is 30.7 Å². The van der Waals surface area contributed by atoms with Crippen molar-refractivity contribution in [2.45, 2.75) is 25.9 Å². The summed E-state index contributed by atoms with van der Waals surface area (Å²) >= 11 is 0. The fraction of sp³-hybridized carbons (Fsp3) is 0.364. The van der Waals surface area contributed by atoms with Gasteiger partial charge in [-0.2, -0.15) is 5.10 Å². The predicted molar refractivity (Wildman–Crippen MR) is 112 cm³/mol. The van der Waals surface area contributed by atoms with E-state index in [1.54, 1.807) is 12.5 Å². The molecule has 0 bridgehead atoms. The van der Waals surface area contributed by atoms with E-state index in [4.69, 9.17) is 0 Å². The minimum atomic E-state index is -0.0559. The van der Waals surface area contributed by atoms with Crippen molar-refractivity contribution in [2.24, 2.45) is 5.92 Å². The highest BCUT2D eigenvalue weighted by molar-refractivity contribution is 5.86. The van der Waals surface area contributed by atoms with Crippen molar-refractivity contribution in [1.82, 2.24) is 24.5 Å². The zero-order valence-electron chi connectivity index (χ0n) is 16.7. The molecule has 8 nitrogen and oxygen atoms in total. The molecule has 1 amide bonds. The molecule has 0 radical (unpaired) electrons. The van der Waals surface area contributed by atoms with Gasteiger partial charge in [0.25, 0.3) is 0 Å². The average molecular weight is 404 g/mol. The summed E-state index contributed by atoms with van der Waals surface area (Å²) in [7, 11) is 0. The van der Waals surface area contributed by atoms with E-state index in [-0.39, 0.29) is 18.4 Å². The number of aliphatic hydroxyl groups excluding tert-OH is 1. The first-order chi connectivity index (χ1) is 14.7. The quantitative estimate of drug-likeness (QED) is 0.674. The van der Waals surface area contributed by atoms with Crippen molar-refractivity contribution in [1.29, 1.82) is 0 Å². The van der Waals surface area contributed by atoms with Gasteiger partial charge in [-0.15, -0.1) is 0 Å². The number of anilines is 1. The van der Waals surface area contributed by atoms with Crippen molar-refractivity contribution in [2.75, 3.05) is 24.5 Å². The molecular formula is C22H24N6O2. The maximum Gasteiger partial charge on any atom is 0.233 e. The van der Waals surface area contributed by atoms with Crippen LogP contribution in [0.25, 0.3) is 5.65 Å². The van der Waals surface area contributed by atoms with Crippen LogP contribution in [0.15, 0.2) is 54.6 Å². The van der Waals surface area contributed by atoms with E-state index < -0.39 is 0 Å². The van der Waals surface area contributed by atoms with Gasteiger partial charge in [0.1, 0.15) is 12.1 Å². The van der Waals surface area contributed by atoms with E-state index >= 15 is 0 Å². The van der Waals surface area contributed by atoms with Crippen LogP contribution in [0.1, 0.15) is 24.1 Å². The first-order valence-corrected chi connectivity index (χ1v) is 10.3. The molecule has 0 unspecified atom stereocenters. The van der Waals surface area contributed by atoms with Crippen molar-refractivity contribution in [3.05, 3.63) is 65.9 Å². The molecule has 2 aliphatic rings. The molecule has 5 rings (SSSR count). The molecule has 3 aromatic heterocycles. The predicted octanol–water partition coefficient (Wildman–Crippen LogP) is 1.80. The van der Waals surface area contributed by atoms with E-state index in [0.717, 1.165) is 54.2 Å². The van der Waals surface area contributed by atoms with Crippen LogP contribution in [0.3, 0.4) is 0 Å². The van der Waals surface area contributed by atoms with E-state index in [2.05, 4.69) is 32.1 Å². The van der Waals surface area contributed by atoms with Crippen molar-refractivity contribution >= 4 is 17.4 Å². The molecule has 2 aliphatic heterocycles. The van der Waals surface area contributed by atoms with E-state index in [9.17, 15) is 9.90 Å². The lowest BCUT2D eigenvalue weighted by atomic mass is 10.0. The summed E-state index contributed by atoms with van der Waals surface area (Å²) in [4.78, 5) is 25.7. The van der Waals surface area contributed by atoms with Gasteiger partial charge < -0.3 is 14.9 Å². The Balaban J connectivity index is 1.22. The van der Waals surface area contributed by atoms with Crippen molar-refractivity contribution < 1.29 is 9.90 Å². The van der Waals surface area contributed by atoms with Crippen LogP contribution in [0.5, 0.6) is 0 Å². The Labute approximate surface area is 174 Å². The Bertz CT molecular complexity index is 1090. The molecule has 1 saturated heterocycles. The van der Waals surface area contributed by atoms with Crippen LogP contribution in [0, 0.1) is 5.92 Å². The maximum absolute atomic E-state index is 12.9. The summed E-state index contributed by atoms with van der Waals surface area (Å²) in [6.07, 6.45) is 8.01. The summed E-state index contributed by atoms with van der Waals surface area (Å²) in [5.74, 6) is 1.04. The van der Waals surface area contributed by atoms with Crippen LogP contribution >= 0.6 is 0 Å². The zero-order valence-corrected chi connectivity index (χ0v) is 16.7. The third-order valence-corrected chi connectivity index (χ3v) is 5.91. The van der Waals surface area contributed by atoms with Crippen LogP contribution in [0.2, 0.25) is 0 Å². The van der Waals surface area contributed by atoms with E-state index in [1.807, 2.05) is 33.7 Å². The Morgan fingerprint density at radius 1 is 1.13 bits per heavy atom. The summed E-state index contributed by atoms with van der Waals surface area (Å²) in [5.41, 5.74) is 3.84. The second-order valence-corrected chi connectivity index (χ2v) is 7.80. The fourth-order valence-electron chi connectivity index (χ4n) is 4.32. The molecule has 154 valence electrons. The second-order valence-electron chi connectivity index (χ2n) is 7.80. The van der Waals surface area contributed by atoms with Gasteiger partial charge in [-0.05, 0) is 43.0 Å². The van der Waals surface area contributed by atoms with E-state index in [0.29, 0.717) is 13.1 Å². The first-order valence-electron chi connectivity index (χ1n) is 10.3. The summed E-state index contributed by atoms with van der Waals surface area (Å²) in [5, 5.41) is 13.5. The maximum atomic E-state index is 12.9. The lowest BCUT2D eigenvalue weighted by Gasteiger charge is -2.35. The number of pyridine rings is 2. The van der Waals surface area contributed by atoms with Crippen molar-refractivity contribution in [3.8, 4) is 0 Å². The fourth-order valence-corrected chi connectivity index (χ4v) is 4.32. The van der Waals surface area contributed by atoms with Gasteiger partial charge in [-0.25, -0.2) is 14.5 Å². The molecule has 1 atom stereocenters. The molecule has 0 saturated carbocycles. The lowest BCUT2D eigenvalue weighted by Crippen LogP contribution is -2.45. The number of aromatic nitrogens is 4. The number of amides is 1. The number of piperazine rings is 1. The number of nitrogens with zero attached hydrogens (tertiary/aromatic N) is 6. The summed E-state index contributed by atoms with van der Waals surface area (Å²) in [6, 6.07) is 9.82. The van der Waals surface area contributed by atoms with Crippen molar-refractivity contribution in [3.63, 3.8) is 0 Å². The van der Waals surface area contributed by atoms with Gasteiger partial charge in [-0.1, -0.05) is 18.2 Å². The number of aryl methyl sites for hydroxylation is 1. The topological polar surface area (TPSA) is 86.9 Å². The largest absolute Gasteiger partial charge is 0.392 e. The monoisotopic (exact) mass is 404 g/mol. The normalized spacial score (nSPS) is 18.8. The smallest absolute Gasteiger partial charge is 0.233 e. The molecule has 8 heteroatoms. The average Bonchev–Trinajstić information content (AvgIpc) is 3.39. The molecule has 3 aromatic rings. The van der Waals surface area contributed by atoms with Gasteiger partial charge in [0.2, 0.25) is 5.91 Å². The van der Waals surface area contributed by atoms with Crippen LogP contribution in [-0.4, -0.2) is 55.1 Å². The van der Waals surface area contributed by atoms with Gasteiger partial charge in [0.15, 0.2) is 5.65 Å². The Morgan fingerprint density at radius 2 is 2.07 bits per heavy atom. The standard InChI is InChI=1S/C22H24N6O2/c29-14-16-7-8-20(23-12-16)26-9-10-27-19(13-26)11-17(22(27)30)3-1-4-18-5-2-6-21-24-15-25-28(18)21/h2,5-8,11-12,15,17,29H,1,3-4,9-10,13-14H2/t17-/m0/s1. The SMILES string of the molecule is O=C1[C@@H](CCCc2cccc3ncnn23)C=C2CN(c3ccc(CO)cn3)CCN12. The second kappa shape index (κ2) is 7.87. The summed E-state index contributed by atoms with van der Waals surface area (Å²) in [6.45, 7) is 2.12. The van der Waals surface area contributed by atoms with E-state index in [1.165, 1.54) is 0 Å². The number of carbonyl (C=O) groups excluding carboxylic acids is 1. The minimum absolute atomic E-state index is 0.00615. The van der Waals surface area contributed by atoms with Crippen LogP contribution in [-0.2, 0) is 17.8 Å². The number of hydrogen-bond acceptors (Lipinski definition) is 6. The summed E-state index contributed by atoms with van der Waals surface area (Å²) < 4.78 is 1.87. The number of rotatable bonds is 6. The van der Waals surface area contributed by atoms with Gasteiger partial charge in [-0.3, -0.25) is 4.79 Å². The molecule has 5 heterocycles. The molecule has 30 heavy (non-hydrogen) atoms. The highest BCUT2D eigenvalue weighted by atomic mass is 16.3. The molecular weight excluding hydrogens is 380 g/mol. The van der Waals surface area contributed by atoms with Crippen LogP contribution in [0.4, 0.5) is 5.82 Å². The lowest BCUT2D eigenvalue weighted by molar-refractivity contribution is -0.130. The Morgan fingerprint density at radius 3 is 2.90 bits per heavy atom. The number of hydrogen-bond donors (Lipinski definition) is 1. The molecule has 0 aliphatic carbocycles. The Kier molecular flexibility index (Phi) is 4.92. The Hall–Kier alpha value is -3.26. The molecule has 1 fully saturated rings. The minimum Gasteiger partial charge on any atom is -0.392 e. The first kappa shape index (κ1) is 18.7. The number of carbonyl (C=O) groups is 1. The molecule has 0 aromatic carbocycles. The highest BCUT2D eigenvalue weighted by Gasteiger charge is 2.35. The zero-order chi connectivity index (χ0) is 20.5. The number of aliphatic hydroxyl groups is 1. The van der Waals surface area contributed by atoms with Crippen LogP contribution < -0.4 is 4.90 Å². The molecule has 1 N–H and O–H groups in total. The molecule has 0 spiro atoms.